The molecule has 1 rings (SSSR count). The topological polar surface area (TPSA) is 72.6 Å². The predicted octanol–water partition coefficient (Wildman–Crippen LogP) is 1.08. The molecule has 0 bridgehead atoms. The summed E-state index contributed by atoms with van der Waals surface area (Å²) in [5.41, 5.74) is -0.0189. The van der Waals surface area contributed by atoms with Gasteiger partial charge in [-0.1, -0.05) is 6.92 Å². The Morgan fingerprint density at radius 3 is 2.77 bits per heavy atom. The van der Waals surface area contributed by atoms with Crippen molar-refractivity contribution in [2.45, 2.75) is 20.0 Å². The third kappa shape index (κ3) is 2.06. The van der Waals surface area contributed by atoms with Gasteiger partial charge < -0.3 is 14.3 Å². The number of aryl methyl sites for hydroxylation is 1. The maximum Gasteiger partial charge on any atom is 0.358 e. The highest BCUT2D eigenvalue weighted by atomic mass is 16.5. The zero-order valence-corrected chi connectivity index (χ0v) is 7.53. The molecule has 0 aliphatic heterocycles. The van der Waals surface area contributed by atoms with Crippen LogP contribution in [0.4, 0.5) is 0 Å². The Bertz CT molecular complexity index is 305. The van der Waals surface area contributed by atoms with Crippen molar-refractivity contribution in [2.75, 3.05) is 7.11 Å². The van der Waals surface area contributed by atoms with Crippen LogP contribution in [0.15, 0.2) is 4.42 Å². The minimum Gasteiger partial charge on any atom is -0.476 e. The maximum absolute atomic E-state index is 10.6. The smallest absolute Gasteiger partial charge is 0.358 e. The van der Waals surface area contributed by atoms with Crippen LogP contribution in [0.5, 0.6) is 0 Å². The summed E-state index contributed by atoms with van der Waals surface area (Å²) in [6.45, 7) is 2.00. The van der Waals surface area contributed by atoms with Crippen LogP contribution >= 0.6 is 0 Å². The van der Waals surface area contributed by atoms with Crippen LogP contribution in [0, 0.1) is 0 Å². The normalized spacial score (nSPS) is 10.3. The van der Waals surface area contributed by atoms with E-state index in [0.29, 0.717) is 18.1 Å². The zero-order valence-electron chi connectivity index (χ0n) is 7.53. The van der Waals surface area contributed by atoms with E-state index in [1.165, 1.54) is 7.11 Å². The Hall–Kier alpha value is -1.36. The fourth-order valence-corrected chi connectivity index (χ4v) is 0.992. The fourth-order valence-electron chi connectivity index (χ4n) is 0.992. The Balaban J connectivity index is 2.97. The maximum atomic E-state index is 10.6. The van der Waals surface area contributed by atoms with Crippen molar-refractivity contribution in [1.82, 2.24) is 4.98 Å². The van der Waals surface area contributed by atoms with Crippen molar-refractivity contribution in [2.24, 2.45) is 0 Å². The summed E-state index contributed by atoms with van der Waals surface area (Å²) in [6, 6.07) is 0. The lowest BCUT2D eigenvalue weighted by Crippen LogP contribution is -2.00. The van der Waals surface area contributed by atoms with E-state index in [2.05, 4.69) is 4.98 Å². The number of hydrogen-bond acceptors (Lipinski definition) is 4. The quantitative estimate of drug-likeness (QED) is 0.759. The molecular formula is C8H11NO4. The number of carboxylic acids is 1. The summed E-state index contributed by atoms with van der Waals surface area (Å²) in [4.78, 5) is 14.4. The summed E-state index contributed by atoms with van der Waals surface area (Å²) >= 11 is 0. The number of aromatic carboxylic acids is 1. The van der Waals surface area contributed by atoms with Crippen molar-refractivity contribution in [1.29, 1.82) is 0 Å². The van der Waals surface area contributed by atoms with E-state index in [0.717, 1.165) is 0 Å². The number of oxazole rings is 1. The summed E-state index contributed by atoms with van der Waals surface area (Å²) in [5.74, 6) is -0.376. The molecule has 0 saturated carbocycles. The van der Waals surface area contributed by atoms with Crippen LogP contribution in [0.3, 0.4) is 0 Å². The lowest BCUT2D eigenvalue weighted by molar-refractivity contribution is 0.0688. The van der Waals surface area contributed by atoms with Crippen molar-refractivity contribution < 1.29 is 19.1 Å². The number of rotatable bonds is 4. The van der Waals surface area contributed by atoms with Crippen LogP contribution in [-0.2, 0) is 17.8 Å². The molecular weight excluding hydrogens is 174 g/mol. The van der Waals surface area contributed by atoms with Crippen molar-refractivity contribution in [3.8, 4) is 0 Å². The van der Waals surface area contributed by atoms with Crippen LogP contribution in [0.25, 0.3) is 0 Å². The molecule has 0 unspecified atom stereocenters. The molecule has 1 heterocycles. The second-order valence-corrected chi connectivity index (χ2v) is 2.47. The average molecular weight is 185 g/mol. The number of methoxy groups -OCH3 is 1. The Kier molecular flexibility index (Phi) is 3.02. The molecule has 0 atom stereocenters. The first kappa shape index (κ1) is 9.73. The molecule has 13 heavy (non-hydrogen) atoms. The van der Waals surface area contributed by atoms with Crippen LogP contribution in [0.2, 0.25) is 0 Å². The molecule has 72 valence electrons. The van der Waals surface area contributed by atoms with E-state index in [4.69, 9.17) is 14.3 Å². The molecule has 1 aromatic rings. The van der Waals surface area contributed by atoms with Crippen LogP contribution < -0.4 is 0 Å². The number of aromatic nitrogens is 1. The summed E-state index contributed by atoms with van der Waals surface area (Å²) in [6.07, 6.45) is 0.512. The molecule has 1 N–H and O–H groups in total. The third-order valence-corrected chi connectivity index (χ3v) is 1.53. The van der Waals surface area contributed by atoms with E-state index in [1.807, 2.05) is 6.92 Å². The van der Waals surface area contributed by atoms with Crippen molar-refractivity contribution in [3.63, 3.8) is 0 Å². The summed E-state index contributed by atoms with van der Waals surface area (Å²) < 4.78 is 9.92. The zero-order chi connectivity index (χ0) is 9.84. The first-order chi connectivity index (χ1) is 6.19. The van der Waals surface area contributed by atoms with Gasteiger partial charge in [-0.05, 0) is 0 Å². The highest BCUT2D eigenvalue weighted by molar-refractivity contribution is 5.86. The Labute approximate surface area is 75.3 Å². The lowest BCUT2D eigenvalue weighted by Gasteiger charge is -1.89. The van der Waals surface area contributed by atoms with Gasteiger partial charge in [0.1, 0.15) is 12.4 Å². The molecule has 5 nitrogen and oxygen atoms in total. The van der Waals surface area contributed by atoms with Crippen LogP contribution in [-0.4, -0.2) is 23.2 Å². The fraction of sp³-hybridized carbons (Fsp3) is 0.500. The van der Waals surface area contributed by atoms with E-state index >= 15 is 0 Å². The van der Waals surface area contributed by atoms with Crippen LogP contribution in [0.1, 0.15) is 29.1 Å². The third-order valence-electron chi connectivity index (χ3n) is 1.53. The van der Waals surface area contributed by atoms with Gasteiger partial charge in [-0.15, -0.1) is 0 Å². The molecule has 0 spiro atoms. The van der Waals surface area contributed by atoms with Gasteiger partial charge in [0.2, 0.25) is 5.89 Å². The van der Waals surface area contributed by atoms with Gasteiger partial charge in [0.05, 0.1) is 0 Å². The molecule has 0 aromatic carbocycles. The minimum atomic E-state index is -1.07. The molecule has 0 fully saturated rings. The largest absolute Gasteiger partial charge is 0.476 e. The number of carboxylic acid groups (broad SMARTS) is 1. The summed E-state index contributed by atoms with van der Waals surface area (Å²) in [7, 11) is 1.50. The summed E-state index contributed by atoms with van der Waals surface area (Å²) in [5, 5.41) is 8.72. The average Bonchev–Trinajstić information content (AvgIpc) is 2.48. The number of nitrogens with zero attached hydrogens (tertiary/aromatic N) is 1. The van der Waals surface area contributed by atoms with Gasteiger partial charge in [-0.3, -0.25) is 0 Å². The van der Waals surface area contributed by atoms with E-state index < -0.39 is 5.97 Å². The van der Waals surface area contributed by atoms with Gasteiger partial charge in [-0.25, -0.2) is 9.78 Å². The Morgan fingerprint density at radius 1 is 1.69 bits per heavy atom. The predicted molar refractivity (Wildman–Crippen MR) is 43.6 cm³/mol. The van der Waals surface area contributed by atoms with E-state index in [9.17, 15) is 4.79 Å². The van der Waals surface area contributed by atoms with Gasteiger partial charge in [0.25, 0.3) is 0 Å². The van der Waals surface area contributed by atoms with Crippen molar-refractivity contribution in [3.05, 3.63) is 17.3 Å². The highest BCUT2D eigenvalue weighted by Gasteiger charge is 2.17. The molecule has 0 radical (unpaired) electrons. The molecule has 1 aromatic heterocycles. The first-order valence-electron chi connectivity index (χ1n) is 3.89. The number of carbonyl (C=O) groups is 1. The highest BCUT2D eigenvalue weighted by Crippen LogP contribution is 2.12. The SMILES string of the molecule is CCc1oc(COC)nc1C(=O)O. The van der Waals surface area contributed by atoms with Gasteiger partial charge in [0.15, 0.2) is 5.69 Å². The standard InChI is InChI=1S/C8H11NO4/c1-3-5-7(8(10)11)9-6(13-5)4-12-2/h3-4H2,1-2H3,(H,10,11). The minimum absolute atomic E-state index is 0.0189. The van der Waals surface area contributed by atoms with E-state index in [1.54, 1.807) is 0 Å². The monoisotopic (exact) mass is 185 g/mol. The Morgan fingerprint density at radius 2 is 2.38 bits per heavy atom. The van der Waals surface area contributed by atoms with Crippen molar-refractivity contribution >= 4 is 5.97 Å². The number of hydrogen-bond donors (Lipinski definition) is 1. The molecule has 0 saturated heterocycles. The molecule has 0 aliphatic carbocycles. The first-order valence-corrected chi connectivity index (χ1v) is 3.89. The second-order valence-electron chi connectivity index (χ2n) is 2.47. The molecule has 0 amide bonds. The van der Waals surface area contributed by atoms with Gasteiger partial charge in [-0.2, -0.15) is 0 Å². The number of ether oxygens (including phenoxy) is 1. The molecule has 5 heteroatoms. The van der Waals surface area contributed by atoms with Gasteiger partial charge >= 0.3 is 5.97 Å². The lowest BCUT2D eigenvalue weighted by atomic mass is 10.3. The van der Waals surface area contributed by atoms with E-state index in [-0.39, 0.29) is 12.3 Å². The molecule has 0 aliphatic rings. The second kappa shape index (κ2) is 4.04. The van der Waals surface area contributed by atoms with Gasteiger partial charge in [0, 0.05) is 13.5 Å².